The molecule has 1 fully saturated rings. The van der Waals surface area contributed by atoms with E-state index in [0.717, 1.165) is 49.2 Å². The second-order valence-corrected chi connectivity index (χ2v) is 8.97. The average Bonchev–Trinajstić information content (AvgIpc) is 2.70. The minimum absolute atomic E-state index is 0.497. The van der Waals surface area contributed by atoms with Crippen LogP contribution in [0.25, 0.3) is 0 Å². The van der Waals surface area contributed by atoms with Gasteiger partial charge in [-0.1, -0.05) is 30.0 Å². The van der Waals surface area contributed by atoms with Crippen LogP contribution < -0.4 is 11.1 Å². The van der Waals surface area contributed by atoms with Gasteiger partial charge in [-0.25, -0.2) is 0 Å². The zero-order valence-electron chi connectivity index (χ0n) is 15.7. The number of hydrogen-bond donors (Lipinski definition) is 2. The van der Waals surface area contributed by atoms with Gasteiger partial charge in [0, 0.05) is 28.4 Å². The highest BCUT2D eigenvalue weighted by atomic mass is 32.2. The van der Waals surface area contributed by atoms with Crippen LogP contribution in [0.2, 0.25) is 0 Å². The fraction of sp³-hybridized carbons (Fsp3) is 0.455. The summed E-state index contributed by atoms with van der Waals surface area (Å²) in [7, 11) is 0. The van der Waals surface area contributed by atoms with Gasteiger partial charge in [0.15, 0.2) is 0 Å². The molecule has 28 heavy (non-hydrogen) atoms. The second kappa shape index (κ2) is 7.99. The van der Waals surface area contributed by atoms with E-state index in [1.165, 1.54) is 29.5 Å². The number of nitrogens with one attached hydrogen (secondary N) is 1. The minimum atomic E-state index is -4.35. The number of alkyl halides is 3. The van der Waals surface area contributed by atoms with E-state index in [9.17, 15) is 13.2 Å². The number of benzene rings is 2. The lowest BCUT2D eigenvalue weighted by Crippen LogP contribution is -2.25. The Balaban J connectivity index is 1.58. The molecule has 0 bridgehead atoms. The van der Waals surface area contributed by atoms with Gasteiger partial charge < -0.3 is 11.1 Å². The van der Waals surface area contributed by atoms with E-state index in [2.05, 4.69) is 11.4 Å². The summed E-state index contributed by atoms with van der Waals surface area (Å²) in [5.41, 5.74) is 7.97. The molecule has 1 aliphatic heterocycles. The Labute approximate surface area is 168 Å². The van der Waals surface area contributed by atoms with Gasteiger partial charge >= 0.3 is 6.18 Å². The second-order valence-electron chi connectivity index (χ2n) is 7.89. The molecule has 1 heterocycles. The van der Waals surface area contributed by atoms with Crippen LogP contribution in [-0.4, -0.2) is 13.1 Å². The Bertz CT molecular complexity index is 842. The SMILES string of the molecule is NCC1CCC(CNc2cc(C(F)(F)F)cc3c2Cc2ccccc2S3)CC1. The topological polar surface area (TPSA) is 38.0 Å². The van der Waals surface area contributed by atoms with Gasteiger partial charge in [0.05, 0.1) is 5.56 Å². The van der Waals surface area contributed by atoms with Gasteiger partial charge in [0.2, 0.25) is 0 Å². The molecule has 150 valence electrons. The van der Waals surface area contributed by atoms with Gasteiger partial charge in [-0.15, -0.1) is 0 Å². The molecule has 0 spiro atoms. The molecule has 1 saturated carbocycles. The number of nitrogens with two attached hydrogens (primary N) is 1. The van der Waals surface area contributed by atoms with E-state index in [1.807, 2.05) is 18.2 Å². The summed E-state index contributed by atoms with van der Waals surface area (Å²) in [5.74, 6) is 1.10. The Kier molecular flexibility index (Phi) is 5.61. The van der Waals surface area contributed by atoms with E-state index >= 15 is 0 Å². The summed E-state index contributed by atoms with van der Waals surface area (Å²) in [5, 5.41) is 3.37. The van der Waals surface area contributed by atoms with E-state index in [0.29, 0.717) is 28.8 Å². The number of anilines is 1. The third kappa shape index (κ3) is 4.18. The Morgan fingerprint density at radius 2 is 1.71 bits per heavy atom. The monoisotopic (exact) mass is 406 g/mol. The van der Waals surface area contributed by atoms with Gasteiger partial charge in [-0.2, -0.15) is 13.2 Å². The molecule has 2 aromatic carbocycles. The van der Waals surface area contributed by atoms with Crippen molar-refractivity contribution in [1.29, 1.82) is 0 Å². The summed E-state index contributed by atoms with van der Waals surface area (Å²) < 4.78 is 40.4. The predicted octanol–water partition coefficient (Wildman–Crippen LogP) is 5.94. The van der Waals surface area contributed by atoms with Gasteiger partial charge in [-0.05, 0) is 73.4 Å². The lowest BCUT2D eigenvalue weighted by atomic mass is 9.82. The van der Waals surface area contributed by atoms with Gasteiger partial charge in [0.25, 0.3) is 0 Å². The van der Waals surface area contributed by atoms with Crippen LogP contribution in [0.5, 0.6) is 0 Å². The minimum Gasteiger partial charge on any atom is -0.384 e. The van der Waals surface area contributed by atoms with Crippen molar-refractivity contribution in [1.82, 2.24) is 0 Å². The summed E-state index contributed by atoms with van der Waals surface area (Å²) in [6.45, 7) is 1.45. The van der Waals surface area contributed by atoms with Crippen LogP contribution in [0.3, 0.4) is 0 Å². The smallest absolute Gasteiger partial charge is 0.384 e. The average molecular weight is 407 g/mol. The maximum absolute atomic E-state index is 13.5. The number of fused-ring (bicyclic) bond motifs is 2. The first-order valence-electron chi connectivity index (χ1n) is 9.88. The molecular weight excluding hydrogens is 381 g/mol. The van der Waals surface area contributed by atoms with Gasteiger partial charge in [-0.3, -0.25) is 0 Å². The van der Waals surface area contributed by atoms with Crippen molar-refractivity contribution < 1.29 is 13.2 Å². The Morgan fingerprint density at radius 3 is 2.43 bits per heavy atom. The molecule has 3 N–H and O–H groups in total. The largest absolute Gasteiger partial charge is 0.416 e. The number of halogens is 3. The molecule has 0 aromatic heterocycles. The van der Waals surface area contributed by atoms with Gasteiger partial charge in [0.1, 0.15) is 0 Å². The summed E-state index contributed by atoms with van der Waals surface area (Å²) in [6.07, 6.45) is 0.738. The van der Waals surface area contributed by atoms with Crippen LogP contribution in [0.4, 0.5) is 18.9 Å². The summed E-state index contributed by atoms with van der Waals surface area (Å²) in [4.78, 5) is 1.75. The zero-order valence-corrected chi connectivity index (χ0v) is 16.5. The standard InChI is InChI=1S/C22H25F3N2S/c23-22(24,25)17-10-19(27-13-15-7-5-14(12-26)6-8-15)18-9-16-3-1-2-4-20(16)28-21(18)11-17/h1-4,10-11,14-15,27H,5-9,12-13,26H2. The fourth-order valence-electron chi connectivity index (χ4n) is 4.22. The van der Waals surface area contributed by atoms with Crippen LogP contribution >= 0.6 is 11.8 Å². The maximum Gasteiger partial charge on any atom is 0.416 e. The molecule has 0 radical (unpaired) electrons. The molecule has 4 rings (SSSR count). The highest BCUT2D eigenvalue weighted by molar-refractivity contribution is 7.99. The maximum atomic E-state index is 13.5. The molecule has 0 unspecified atom stereocenters. The summed E-state index contributed by atoms with van der Waals surface area (Å²) in [6, 6.07) is 10.5. The Hall–Kier alpha value is -1.66. The lowest BCUT2D eigenvalue weighted by Gasteiger charge is -2.29. The molecule has 0 atom stereocenters. The van der Waals surface area contributed by atoms with E-state index in [-0.39, 0.29) is 0 Å². The molecule has 2 aliphatic rings. The molecule has 2 nitrogen and oxygen atoms in total. The quantitative estimate of drug-likeness (QED) is 0.563. The van der Waals surface area contributed by atoms with E-state index < -0.39 is 11.7 Å². The van der Waals surface area contributed by atoms with Crippen molar-refractivity contribution in [3.05, 3.63) is 53.1 Å². The van der Waals surface area contributed by atoms with Crippen molar-refractivity contribution in [2.45, 2.75) is 48.1 Å². The number of hydrogen-bond acceptors (Lipinski definition) is 3. The predicted molar refractivity (Wildman–Crippen MR) is 108 cm³/mol. The first-order valence-corrected chi connectivity index (χ1v) is 10.7. The van der Waals surface area contributed by atoms with Crippen LogP contribution in [0.15, 0.2) is 46.2 Å². The highest BCUT2D eigenvalue weighted by Gasteiger charge is 2.33. The lowest BCUT2D eigenvalue weighted by molar-refractivity contribution is -0.137. The van der Waals surface area contributed by atoms with Crippen molar-refractivity contribution >= 4 is 17.4 Å². The molecule has 0 amide bonds. The Morgan fingerprint density at radius 1 is 1.00 bits per heavy atom. The molecule has 0 saturated heterocycles. The third-order valence-corrected chi connectivity index (χ3v) is 7.18. The summed E-state index contributed by atoms with van der Waals surface area (Å²) >= 11 is 1.44. The van der Waals surface area contributed by atoms with Crippen LogP contribution in [0.1, 0.15) is 42.4 Å². The first kappa shape index (κ1) is 19.6. The van der Waals surface area contributed by atoms with Crippen molar-refractivity contribution in [3.63, 3.8) is 0 Å². The third-order valence-electron chi connectivity index (χ3n) is 5.98. The first-order chi connectivity index (χ1) is 13.4. The van der Waals surface area contributed by atoms with E-state index in [1.54, 1.807) is 0 Å². The normalized spacial score (nSPS) is 21.7. The van der Waals surface area contributed by atoms with Crippen molar-refractivity contribution in [3.8, 4) is 0 Å². The molecule has 2 aromatic rings. The molecule has 6 heteroatoms. The zero-order chi connectivity index (χ0) is 19.7. The number of rotatable bonds is 4. The van der Waals surface area contributed by atoms with Crippen molar-refractivity contribution in [2.75, 3.05) is 18.4 Å². The van der Waals surface area contributed by atoms with E-state index in [4.69, 9.17) is 5.73 Å². The van der Waals surface area contributed by atoms with Crippen LogP contribution in [0, 0.1) is 11.8 Å². The molecule has 1 aliphatic carbocycles. The van der Waals surface area contributed by atoms with Crippen molar-refractivity contribution in [2.24, 2.45) is 17.6 Å². The fourth-order valence-corrected chi connectivity index (χ4v) is 5.37. The molecular formula is C22H25F3N2S. The highest BCUT2D eigenvalue weighted by Crippen LogP contribution is 2.45. The van der Waals surface area contributed by atoms with Crippen LogP contribution in [-0.2, 0) is 12.6 Å².